The molecule has 0 saturated heterocycles. The highest BCUT2D eigenvalue weighted by molar-refractivity contribution is 7.92. The van der Waals surface area contributed by atoms with Gasteiger partial charge in [-0.3, -0.25) is 9.52 Å². The molecule has 2 aromatic carbocycles. The van der Waals surface area contributed by atoms with Gasteiger partial charge in [-0.05, 0) is 67.6 Å². The number of carbonyl (C=O) groups excluding carboxylic acids is 1. The Bertz CT molecular complexity index is 1150. The van der Waals surface area contributed by atoms with Gasteiger partial charge in [-0.25, -0.2) is 8.42 Å². The van der Waals surface area contributed by atoms with Crippen LogP contribution in [0.15, 0.2) is 76.2 Å². The Morgan fingerprint density at radius 2 is 1.84 bits per heavy atom. The van der Waals surface area contributed by atoms with Gasteiger partial charge < -0.3 is 19.2 Å². The third-order valence-electron chi connectivity index (χ3n) is 4.08. The van der Waals surface area contributed by atoms with E-state index in [-0.39, 0.29) is 10.6 Å². The van der Waals surface area contributed by atoms with Gasteiger partial charge in [0.1, 0.15) is 22.2 Å². The number of furan rings is 1. The van der Waals surface area contributed by atoms with Crippen LogP contribution in [0.25, 0.3) is 6.08 Å². The van der Waals surface area contributed by atoms with Crippen LogP contribution in [0.2, 0.25) is 0 Å². The molecule has 3 rings (SSSR count). The second-order valence-corrected chi connectivity index (χ2v) is 7.92. The normalized spacial score (nSPS) is 11.3. The SMILES string of the molecule is CCOc1ccc(NS(=O)(=O)c2cc(NC(=O)C=Cc3ccco3)ccc2OC)cc1. The van der Waals surface area contributed by atoms with Gasteiger partial charge in [0.25, 0.3) is 10.0 Å². The van der Waals surface area contributed by atoms with E-state index >= 15 is 0 Å². The van der Waals surface area contributed by atoms with Crippen molar-refractivity contribution in [2.45, 2.75) is 11.8 Å². The molecule has 0 unspecified atom stereocenters. The number of anilines is 2. The average Bonchev–Trinajstić information content (AvgIpc) is 3.27. The molecule has 0 fully saturated rings. The fourth-order valence-corrected chi connectivity index (χ4v) is 3.94. The van der Waals surface area contributed by atoms with Gasteiger partial charge in [0, 0.05) is 17.5 Å². The number of benzene rings is 2. The van der Waals surface area contributed by atoms with Gasteiger partial charge >= 0.3 is 0 Å². The van der Waals surface area contributed by atoms with E-state index < -0.39 is 15.9 Å². The van der Waals surface area contributed by atoms with E-state index in [4.69, 9.17) is 13.9 Å². The number of hydrogen-bond acceptors (Lipinski definition) is 6. The molecule has 2 N–H and O–H groups in total. The highest BCUT2D eigenvalue weighted by Crippen LogP contribution is 2.29. The predicted molar refractivity (Wildman–Crippen MR) is 118 cm³/mol. The lowest BCUT2D eigenvalue weighted by Crippen LogP contribution is -2.15. The fraction of sp³-hybridized carbons (Fsp3) is 0.136. The molecule has 0 atom stereocenters. The molecule has 1 amide bonds. The zero-order valence-electron chi connectivity index (χ0n) is 17.0. The van der Waals surface area contributed by atoms with Crippen LogP contribution in [0, 0.1) is 0 Å². The van der Waals surface area contributed by atoms with Crippen molar-refractivity contribution in [2.75, 3.05) is 23.8 Å². The Kier molecular flexibility index (Phi) is 6.99. The molecular formula is C22H22N2O6S. The van der Waals surface area contributed by atoms with Crippen molar-refractivity contribution in [3.05, 3.63) is 72.7 Å². The van der Waals surface area contributed by atoms with Gasteiger partial charge in [-0.2, -0.15) is 0 Å². The zero-order valence-corrected chi connectivity index (χ0v) is 17.8. The van der Waals surface area contributed by atoms with Crippen LogP contribution in [0.3, 0.4) is 0 Å². The topological polar surface area (TPSA) is 107 Å². The Hall–Kier alpha value is -3.72. The number of methoxy groups -OCH3 is 1. The van der Waals surface area contributed by atoms with E-state index in [0.29, 0.717) is 29.5 Å². The molecule has 31 heavy (non-hydrogen) atoms. The number of sulfonamides is 1. The molecule has 0 spiro atoms. The standard InChI is InChI=1S/C22H22N2O6S/c1-3-29-19-9-6-16(7-10-19)24-31(26,27)21-15-17(8-12-20(21)28-2)23-22(25)13-11-18-5-4-14-30-18/h4-15,24H,3H2,1-2H3,(H,23,25). The summed E-state index contributed by atoms with van der Waals surface area (Å²) in [6.45, 7) is 2.37. The second kappa shape index (κ2) is 9.86. The molecule has 0 saturated carbocycles. The van der Waals surface area contributed by atoms with Gasteiger partial charge in [-0.1, -0.05) is 0 Å². The van der Waals surface area contributed by atoms with Crippen molar-refractivity contribution in [3.63, 3.8) is 0 Å². The van der Waals surface area contributed by atoms with Crippen molar-refractivity contribution in [3.8, 4) is 11.5 Å². The highest BCUT2D eigenvalue weighted by Gasteiger charge is 2.21. The van der Waals surface area contributed by atoms with Crippen LogP contribution in [0.5, 0.6) is 11.5 Å². The number of nitrogens with one attached hydrogen (secondary N) is 2. The predicted octanol–water partition coefficient (Wildman–Crippen LogP) is 4.14. The Labute approximate surface area is 180 Å². The lowest BCUT2D eigenvalue weighted by atomic mass is 10.3. The monoisotopic (exact) mass is 442 g/mol. The van der Waals surface area contributed by atoms with Gasteiger partial charge in [0.15, 0.2) is 0 Å². The summed E-state index contributed by atoms with van der Waals surface area (Å²) in [6.07, 6.45) is 4.29. The number of amides is 1. The zero-order chi connectivity index (χ0) is 22.3. The first-order chi connectivity index (χ1) is 14.9. The largest absolute Gasteiger partial charge is 0.495 e. The molecule has 8 nitrogen and oxygen atoms in total. The smallest absolute Gasteiger partial charge is 0.265 e. The molecule has 162 valence electrons. The van der Waals surface area contributed by atoms with Crippen molar-refractivity contribution in [1.82, 2.24) is 0 Å². The summed E-state index contributed by atoms with van der Waals surface area (Å²) in [5.41, 5.74) is 0.656. The summed E-state index contributed by atoms with van der Waals surface area (Å²) in [5.74, 6) is 0.856. The van der Waals surface area contributed by atoms with Crippen molar-refractivity contribution < 1.29 is 27.1 Å². The number of rotatable bonds is 9. The van der Waals surface area contributed by atoms with Crippen LogP contribution in [0.4, 0.5) is 11.4 Å². The lowest BCUT2D eigenvalue weighted by molar-refractivity contribution is -0.111. The van der Waals surface area contributed by atoms with Gasteiger partial charge in [0.2, 0.25) is 5.91 Å². The van der Waals surface area contributed by atoms with Crippen molar-refractivity contribution in [1.29, 1.82) is 0 Å². The quantitative estimate of drug-likeness (QED) is 0.483. The van der Waals surface area contributed by atoms with E-state index in [1.54, 1.807) is 42.5 Å². The molecule has 1 aromatic heterocycles. The first kappa shape index (κ1) is 22.0. The molecular weight excluding hydrogens is 420 g/mol. The van der Waals surface area contributed by atoms with Crippen LogP contribution in [-0.2, 0) is 14.8 Å². The first-order valence-corrected chi connectivity index (χ1v) is 10.9. The molecule has 9 heteroatoms. The average molecular weight is 442 g/mol. The minimum Gasteiger partial charge on any atom is -0.495 e. The second-order valence-electron chi connectivity index (χ2n) is 6.27. The fourth-order valence-electron chi connectivity index (χ4n) is 2.69. The van der Waals surface area contributed by atoms with E-state index in [2.05, 4.69) is 10.0 Å². The van der Waals surface area contributed by atoms with E-state index in [9.17, 15) is 13.2 Å². The van der Waals surface area contributed by atoms with Crippen molar-refractivity contribution in [2.24, 2.45) is 0 Å². The highest BCUT2D eigenvalue weighted by atomic mass is 32.2. The maximum atomic E-state index is 12.9. The summed E-state index contributed by atoms with van der Waals surface area (Å²) in [5, 5.41) is 2.62. The first-order valence-electron chi connectivity index (χ1n) is 9.37. The molecule has 3 aromatic rings. The van der Waals surface area contributed by atoms with Gasteiger partial charge in [0.05, 0.1) is 20.0 Å². The number of ether oxygens (including phenoxy) is 2. The number of hydrogen-bond donors (Lipinski definition) is 2. The Morgan fingerprint density at radius 1 is 1.10 bits per heavy atom. The Balaban J connectivity index is 1.79. The third kappa shape index (κ3) is 5.89. The molecule has 1 heterocycles. The van der Waals surface area contributed by atoms with Crippen LogP contribution < -0.4 is 19.5 Å². The van der Waals surface area contributed by atoms with Crippen LogP contribution >= 0.6 is 0 Å². The molecule has 0 radical (unpaired) electrons. The minimum atomic E-state index is -3.99. The van der Waals surface area contributed by atoms with E-state index in [1.165, 1.54) is 37.7 Å². The van der Waals surface area contributed by atoms with Crippen LogP contribution in [-0.4, -0.2) is 28.0 Å². The summed E-state index contributed by atoms with van der Waals surface area (Å²) in [6, 6.07) is 14.3. The molecule has 0 aliphatic carbocycles. The molecule has 0 aliphatic heterocycles. The summed E-state index contributed by atoms with van der Waals surface area (Å²) < 4.78 is 44.1. The van der Waals surface area contributed by atoms with E-state index in [1.807, 2.05) is 6.92 Å². The molecule has 0 bridgehead atoms. The summed E-state index contributed by atoms with van der Waals surface area (Å²) in [7, 11) is -2.62. The minimum absolute atomic E-state index is 0.114. The number of carbonyl (C=O) groups is 1. The van der Waals surface area contributed by atoms with Crippen molar-refractivity contribution >= 4 is 33.4 Å². The van der Waals surface area contributed by atoms with Crippen LogP contribution in [0.1, 0.15) is 12.7 Å². The van der Waals surface area contributed by atoms with E-state index in [0.717, 1.165) is 0 Å². The molecule has 0 aliphatic rings. The van der Waals surface area contributed by atoms with Gasteiger partial charge in [-0.15, -0.1) is 0 Å². The lowest BCUT2D eigenvalue weighted by Gasteiger charge is -2.14. The Morgan fingerprint density at radius 3 is 2.48 bits per heavy atom. The summed E-state index contributed by atoms with van der Waals surface area (Å²) >= 11 is 0. The maximum absolute atomic E-state index is 12.9. The summed E-state index contributed by atoms with van der Waals surface area (Å²) in [4.78, 5) is 12.0. The maximum Gasteiger partial charge on any atom is 0.265 e. The third-order valence-corrected chi connectivity index (χ3v) is 5.48.